The molecule has 2 heteroatoms. The molecule has 2 aliphatic carbocycles. The van der Waals surface area contributed by atoms with Gasteiger partial charge in [-0.25, -0.2) is 0 Å². The molecular formula is C49H29NO. The summed E-state index contributed by atoms with van der Waals surface area (Å²) in [7, 11) is 0. The minimum atomic E-state index is -0.398. The standard InChI is InChI=1S/C49H29NO/c1-2-13-31(14-3-1)50-44-23-11-7-18-36(44)37-26-25-30(27-45(37)50)32-19-12-24-46-48(32)39-28-38-35-17-6-10-22-42(35)49(43(38)29-47(39)51-46)40-20-8-4-15-33(40)34-16-5-9-21-41(34)49/h1-29H. The number of hydrogen-bond donors (Lipinski definition) is 0. The highest BCUT2D eigenvalue weighted by Crippen LogP contribution is 2.63. The van der Waals surface area contributed by atoms with Crippen LogP contribution in [0.4, 0.5) is 0 Å². The molecule has 0 saturated heterocycles. The van der Waals surface area contributed by atoms with E-state index >= 15 is 0 Å². The van der Waals surface area contributed by atoms with Crippen LogP contribution in [0.1, 0.15) is 22.3 Å². The van der Waals surface area contributed by atoms with Crippen LogP contribution in [0.5, 0.6) is 0 Å². The van der Waals surface area contributed by atoms with Crippen molar-refractivity contribution in [2.75, 3.05) is 0 Å². The van der Waals surface area contributed by atoms with E-state index in [2.05, 4.69) is 180 Å². The fourth-order valence-corrected chi connectivity index (χ4v) is 9.64. The number of rotatable bonds is 2. The van der Waals surface area contributed by atoms with Gasteiger partial charge in [-0.2, -0.15) is 0 Å². The summed E-state index contributed by atoms with van der Waals surface area (Å²) in [5.74, 6) is 0. The first-order valence-electron chi connectivity index (χ1n) is 17.7. The normalized spacial score (nSPS) is 13.6. The van der Waals surface area contributed by atoms with Gasteiger partial charge in [-0.1, -0.05) is 133 Å². The molecule has 0 fully saturated rings. The lowest BCUT2D eigenvalue weighted by Crippen LogP contribution is -2.25. The van der Waals surface area contributed by atoms with Crippen LogP contribution in [0.3, 0.4) is 0 Å². The average Bonchev–Trinajstić information content (AvgIpc) is 3.90. The van der Waals surface area contributed by atoms with Crippen molar-refractivity contribution in [1.82, 2.24) is 4.57 Å². The molecule has 0 radical (unpaired) electrons. The van der Waals surface area contributed by atoms with Gasteiger partial charge in [-0.05, 0) is 98.1 Å². The van der Waals surface area contributed by atoms with Crippen molar-refractivity contribution in [1.29, 1.82) is 0 Å². The Morgan fingerprint density at radius 2 is 0.980 bits per heavy atom. The summed E-state index contributed by atoms with van der Waals surface area (Å²) in [6.07, 6.45) is 0. The number of nitrogens with zero attached hydrogens (tertiary/aromatic N) is 1. The van der Waals surface area contributed by atoms with Crippen LogP contribution >= 0.6 is 0 Å². The van der Waals surface area contributed by atoms with Crippen molar-refractivity contribution in [2.45, 2.75) is 5.41 Å². The fourth-order valence-electron chi connectivity index (χ4n) is 9.64. The molecule has 0 N–H and O–H groups in total. The molecule has 2 aliphatic rings. The van der Waals surface area contributed by atoms with Gasteiger partial charge in [0, 0.05) is 27.2 Å². The van der Waals surface area contributed by atoms with Crippen LogP contribution in [0.25, 0.3) is 82.8 Å². The van der Waals surface area contributed by atoms with Crippen LogP contribution in [-0.4, -0.2) is 4.57 Å². The average molecular weight is 648 g/mol. The lowest BCUT2D eigenvalue weighted by molar-refractivity contribution is 0.666. The first kappa shape index (κ1) is 27.2. The maximum atomic E-state index is 6.84. The molecule has 12 rings (SSSR count). The van der Waals surface area contributed by atoms with E-state index in [0.717, 1.165) is 27.6 Å². The minimum Gasteiger partial charge on any atom is -0.456 e. The number of para-hydroxylation sites is 2. The first-order valence-corrected chi connectivity index (χ1v) is 17.7. The number of aromatic nitrogens is 1. The van der Waals surface area contributed by atoms with Crippen LogP contribution in [-0.2, 0) is 5.41 Å². The smallest absolute Gasteiger partial charge is 0.136 e. The van der Waals surface area contributed by atoms with Gasteiger partial charge in [0.1, 0.15) is 11.2 Å². The van der Waals surface area contributed by atoms with Crippen LogP contribution in [0.15, 0.2) is 180 Å². The molecule has 0 atom stereocenters. The summed E-state index contributed by atoms with van der Waals surface area (Å²) in [6, 6.07) is 64.5. The summed E-state index contributed by atoms with van der Waals surface area (Å²) in [5, 5.41) is 4.81. The lowest BCUT2D eigenvalue weighted by atomic mass is 9.70. The Bertz CT molecular complexity index is 3040. The van der Waals surface area contributed by atoms with E-state index in [1.54, 1.807) is 0 Å². The topological polar surface area (TPSA) is 18.1 Å². The number of fused-ring (bicyclic) bond motifs is 16. The van der Waals surface area contributed by atoms with Crippen molar-refractivity contribution >= 4 is 43.7 Å². The van der Waals surface area contributed by atoms with E-state index in [1.807, 2.05) is 0 Å². The molecule has 2 nitrogen and oxygen atoms in total. The van der Waals surface area contributed by atoms with E-state index in [1.165, 1.54) is 77.4 Å². The Morgan fingerprint density at radius 3 is 1.73 bits per heavy atom. The molecule has 236 valence electrons. The first-order chi connectivity index (χ1) is 25.3. The fraction of sp³-hybridized carbons (Fsp3) is 0.0204. The third kappa shape index (κ3) is 3.37. The largest absolute Gasteiger partial charge is 0.456 e. The summed E-state index contributed by atoms with van der Waals surface area (Å²) < 4.78 is 9.23. The summed E-state index contributed by atoms with van der Waals surface area (Å²) in [6.45, 7) is 0. The maximum absolute atomic E-state index is 6.84. The van der Waals surface area contributed by atoms with E-state index in [9.17, 15) is 0 Å². The molecule has 0 bridgehead atoms. The zero-order valence-corrected chi connectivity index (χ0v) is 27.6. The van der Waals surface area contributed by atoms with Crippen molar-refractivity contribution < 1.29 is 4.42 Å². The van der Waals surface area contributed by atoms with Crippen molar-refractivity contribution in [3.8, 4) is 39.1 Å². The van der Waals surface area contributed by atoms with Gasteiger partial charge in [0.05, 0.1) is 16.4 Å². The molecule has 8 aromatic carbocycles. The van der Waals surface area contributed by atoms with Gasteiger partial charge in [0.2, 0.25) is 0 Å². The highest BCUT2D eigenvalue weighted by atomic mass is 16.3. The summed E-state index contributed by atoms with van der Waals surface area (Å²) in [4.78, 5) is 0. The van der Waals surface area contributed by atoms with E-state index < -0.39 is 5.41 Å². The molecule has 0 saturated carbocycles. The SMILES string of the molecule is c1ccc(-n2c3ccccc3c3ccc(-c4cccc5oc6cc7c(cc6c45)-c4ccccc4C74c5ccccc5-c5ccccc54)cc32)cc1. The Morgan fingerprint density at radius 1 is 0.373 bits per heavy atom. The number of benzene rings is 8. The molecule has 0 aliphatic heterocycles. The van der Waals surface area contributed by atoms with Gasteiger partial charge in [-0.15, -0.1) is 0 Å². The van der Waals surface area contributed by atoms with Crippen LogP contribution < -0.4 is 0 Å². The second kappa shape index (κ2) is 9.74. The van der Waals surface area contributed by atoms with Crippen molar-refractivity contribution in [2.24, 2.45) is 0 Å². The Labute approximate surface area is 294 Å². The zero-order chi connectivity index (χ0) is 33.3. The molecular weight excluding hydrogens is 619 g/mol. The monoisotopic (exact) mass is 647 g/mol. The van der Waals surface area contributed by atoms with E-state index in [0.29, 0.717) is 0 Å². The predicted molar refractivity (Wildman–Crippen MR) is 210 cm³/mol. The summed E-state index contributed by atoms with van der Waals surface area (Å²) in [5.41, 5.74) is 17.9. The third-order valence-electron chi connectivity index (χ3n) is 11.6. The van der Waals surface area contributed by atoms with Gasteiger partial charge >= 0.3 is 0 Å². The highest BCUT2D eigenvalue weighted by Gasteiger charge is 2.51. The minimum absolute atomic E-state index is 0.398. The van der Waals surface area contributed by atoms with Gasteiger partial charge in [0.25, 0.3) is 0 Å². The van der Waals surface area contributed by atoms with Crippen molar-refractivity contribution in [3.63, 3.8) is 0 Å². The van der Waals surface area contributed by atoms with E-state index in [-0.39, 0.29) is 0 Å². The summed E-state index contributed by atoms with van der Waals surface area (Å²) >= 11 is 0. The van der Waals surface area contributed by atoms with Gasteiger partial charge < -0.3 is 8.98 Å². The van der Waals surface area contributed by atoms with Crippen LogP contribution in [0, 0.1) is 0 Å². The predicted octanol–water partition coefficient (Wildman–Crippen LogP) is 12.7. The Balaban J connectivity index is 1.14. The molecule has 0 unspecified atom stereocenters. The zero-order valence-electron chi connectivity index (χ0n) is 27.6. The molecule has 2 aromatic heterocycles. The maximum Gasteiger partial charge on any atom is 0.136 e. The second-order valence-electron chi connectivity index (χ2n) is 14.0. The Kier molecular flexibility index (Phi) is 5.20. The lowest BCUT2D eigenvalue weighted by Gasteiger charge is -2.30. The molecule has 10 aromatic rings. The van der Waals surface area contributed by atoms with E-state index in [4.69, 9.17) is 4.42 Å². The molecule has 51 heavy (non-hydrogen) atoms. The Hall–Kier alpha value is -6.64. The quantitative estimate of drug-likeness (QED) is 0.183. The highest BCUT2D eigenvalue weighted by molar-refractivity contribution is 6.16. The van der Waals surface area contributed by atoms with Crippen molar-refractivity contribution in [3.05, 3.63) is 198 Å². The van der Waals surface area contributed by atoms with Gasteiger partial charge in [-0.3, -0.25) is 0 Å². The number of furan rings is 1. The molecule has 1 spiro atoms. The third-order valence-corrected chi connectivity index (χ3v) is 11.6. The van der Waals surface area contributed by atoms with Crippen LogP contribution in [0.2, 0.25) is 0 Å². The van der Waals surface area contributed by atoms with Gasteiger partial charge in [0.15, 0.2) is 0 Å². The molecule has 0 amide bonds. The second-order valence-corrected chi connectivity index (χ2v) is 14.0. The number of hydrogen-bond acceptors (Lipinski definition) is 1. The molecule has 2 heterocycles.